The zero-order valence-electron chi connectivity index (χ0n) is 20.3. The van der Waals surface area contributed by atoms with Gasteiger partial charge in [-0.1, -0.05) is 29.0 Å². The third-order valence-electron chi connectivity index (χ3n) is 6.80. The minimum absolute atomic E-state index is 0.0402. The van der Waals surface area contributed by atoms with E-state index in [1.165, 1.54) is 30.1 Å². The van der Waals surface area contributed by atoms with Crippen molar-refractivity contribution in [3.8, 4) is 11.3 Å². The third-order valence-corrected chi connectivity index (χ3v) is 7.09. The minimum Gasteiger partial charge on any atom is -0.394 e. The molecular weight excluding hydrogens is 498 g/mol. The fourth-order valence-electron chi connectivity index (χ4n) is 4.26. The van der Waals surface area contributed by atoms with E-state index in [9.17, 15) is 19.0 Å². The van der Waals surface area contributed by atoms with Crippen LogP contribution in [0.25, 0.3) is 11.3 Å². The number of methoxy groups -OCH3 is 1. The van der Waals surface area contributed by atoms with Gasteiger partial charge < -0.3 is 19.7 Å². The summed E-state index contributed by atoms with van der Waals surface area (Å²) in [6.45, 7) is 5.69. The summed E-state index contributed by atoms with van der Waals surface area (Å²) in [6, 6.07) is 1.67. The Labute approximate surface area is 211 Å². The monoisotopic (exact) mass is 526 g/mol. The first kappa shape index (κ1) is 26.6. The van der Waals surface area contributed by atoms with E-state index in [2.05, 4.69) is 27.5 Å². The summed E-state index contributed by atoms with van der Waals surface area (Å²) in [7, 11) is 1.46. The highest BCUT2D eigenvalue weighted by atomic mass is 35.5. The van der Waals surface area contributed by atoms with Crippen LogP contribution < -0.4 is 0 Å². The fraction of sp³-hybridized carbons (Fsp3) is 0.565. The molecule has 0 spiro atoms. The van der Waals surface area contributed by atoms with Crippen molar-refractivity contribution in [2.45, 2.75) is 69.6 Å². The Morgan fingerprint density at radius 3 is 2.56 bits per heavy atom. The van der Waals surface area contributed by atoms with E-state index in [0.717, 1.165) is 6.42 Å². The van der Waals surface area contributed by atoms with Crippen molar-refractivity contribution in [3.05, 3.63) is 46.9 Å². The van der Waals surface area contributed by atoms with Crippen LogP contribution in [-0.2, 0) is 21.4 Å². The Balaban J connectivity index is 1.65. The molecule has 10 nitrogen and oxygen atoms in total. The first-order valence-electron chi connectivity index (χ1n) is 11.6. The van der Waals surface area contributed by atoms with Gasteiger partial charge in [-0.2, -0.15) is 0 Å². The van der Waals surface area contributed by atoms with Crippen LogP contribution in [0.15, 0.2) is 24.5 Å². The van der Waals surface area contributed by atoms with Crippen molar-refractivity contribution in [1.29, 1.82) is 0 Å². The number of aliphatic hydroxyl groups is 2. The molecule has 5 unspecified atom stereocenters. The standard InChI is InChI=1S/C23H29ClF2N6O4/c1-5-23(2,3)32-9-12(27-30-32)8-16-22(35-4)20(21(34)17(11-33)36-16)31-10-15(28-29-31)13-6-7-14(24)19(26)18(13)25/h6-7,9-10,16-17,20-22,33-34H,5,8,11H2,1-4H3. The summed E-state index contributed by atoms with van der Waals surface area (Å²) in [5, 5.41) is 37.0. The van der Waals surface area contributed by atoms with E-state index >= 15 is 0 Å². The Morgan fingerprint density at radius 2 is 1.89 bits per heavy atom. The van der Waals surface area contributed by atoms with Gasteiger partial charge in [0.25, 0.3) is 0 Å². The third kappa shape index (κ3) is 4.88. The van der Waals surface area contributed by atoms with Crippen LogP contribution in [0.4, 0.5) is 8.78 Å². The van der Waals surface area contributed by atoms with Gasteiger partial charge in [0, 0.05) is 25.3 Å². The van der Waals surface area contributed by atoms with Crippen molar-refractivity contribution in [3.63, 3.8) is 0 Å². The molecule has 0 aliphatic carbocycles. The Bertz CT molecular complexity index is 1210. The predicted octanol–water partition coefficient (Wildman–Crippen LogP) is 2.53. The van der Waals surface area contributed by atoms with Gasteiger partial charge in [-0.25, -0.2) is 18.1 Å². The summed E-state index contributed by atoms with van der Waals surface area (Å²) in [5.74, 6) is -2.35. The fourth-order valence-corrected chi connectivity index (χ4v) is 4.40. The van der Waals surface area contributed by atoms with Gasteiger partial charge >= 0.3 is 0 Å². The van der Waals surface area contributed by atoms with Crippen LogP contribution in [0.3, 0.4) is 0 Å². The number of ether oxygens (including phenoxy) is 2. The Hall–Kier alpha value is -2.51. The second-order valence-corrected chi connectivity index (χ2v) is 9.82. The van der Waals surface area contributed by atoms with Gasteiger partial charge in [-0.05, 0) is 32.4 Å². The maximum atomic E-state index is 14.5. The van der Waals surface area contributed by atoms with E-state index < -0.39 is 48.7 Å². The summed E-state index contributed by atoms with van der Waals surface area (Å²) < 4.78 is 43.3. The second kappa shape index (κ2) is 10.5. The summed E-state index contributed by atoms with van der Waals surface area (Å²) in [5.41, 5.74) is 0.329. The zero-order chi connectivity index (χ0) is 26.2. The highest BCUT2D eigenvalue weighted by Gasteiger charge is 2.47. The molecule has 36 heavy (non-hydrogen) atoms. The number of nitrogens with zero attached hydrogens (tertiary/aromatic N) is 6. The molecule has 13 heteroatoms. The van der Waals surface area contributed by atoms with Crippen molar-refractivity contribution in [1.82, 2.24) is 30.0 Å². The average Bonchev–Trinajstić information content (AvgIpc) is 3.53. The molecule has 5 atom stereocenters. The average molecular weight is 527 g/mol. The number of aliphatic hydroxyl groups excluding tert-OH is 2. The lowest BCUT2D eigenvalue weighted by Gasteiger charge is -2.43. The topological polar surface area (TPSA) is 120 Å². The zero-order valence-corrected chi connectivity index (χ0v) is 21.1. The van der Waals surface area contributed by atoms with Gasteiger partial charge in [0.15, 0.2) is 11.6 Å². The molecule has 0 radical (unpaired) electrons. The number of hydrogen-bond acceptors (Lipinski definition) is 8. The van der Waals surface area contributed by atoms with Crippen LogP contribution >= 0.6 is 11.6 Å². The van der Waals surface area contributed by atoms with Crippen molar-refractivity contribution in [2.24, 2.45) is 0 Å². The highest BCUT2D eigenvalue weighted by Crippen LogP contribution is 2.34. The van der Waals surface area contributed by atoms with Crippen LogP contribution in [0.5, 0.6) is 0 Å². The molecule has 196 valence electrons. The molecule has 0 amide bonds. The van der Waals surface area contributed by atoms with Gasteiger partial charge in [0.05, 0.1) is 35.2 Å². The lowest BCUT2D eigenvalue weighted by atomic mass is 9.90. The van der Waals surface area contributed by atoms with Crippen molar-refractivity contribution in [2.75, 3.05) is 13.7 Å². The van der Waals surface area contributed by atoms with E-state index in [4.69, 9.17) is 21.1 Å². The molecule has 1 aromatic carbocycles. The molecule has 0 bridgehead atoms. The Morgan fingerprint density at radius 1 is 1.14 bits per heavy atom. The molecule has 1 fully saturated rings. The SMILES string of the molecule is CCC(C)(C)n1cc(CC2OC(CO)C(O)C(n3cc(-c4ccc(Cl)c(F)c4F)nn3)C2OC)nn1. The van der Waals surface area contributed by atoms with E-state index in [1.54, 1.807) is 4.68 Å². The van der Waals surface area contributed by atoms with Crippen LogP contribution in [-0.4, -0.2) is 78.3 Å². The molecule has 3 aromatic rings. The summed E-state index contributed by atoms with van der Waals surface area (Å²) in [4.78, 5) is 0. The normalized spacial score (nSPS) is 24.9. The molecule has 2 N–H and O–H groups in total. The lowest BCUT2D eigenvalue weighted by Crippen LogP contribution is -2.57. The van der Waals surface area contributed by atoms with Gasteiger partial charge in [-0.3, -0.25) is 0 Å². The Kier molecular flexibility index (Phi) is 7.72. The van der Waals surface area contributed by atoms with E-state index in [-0.39, 0.29) is 28.2 Å². The van der Waals surface area contributed by atoms with Crippen molar-refractivity contribution < 1.29 is 28.5 Å². The number of rotatable bonds is 8. The smallest absolute Gasteiger partial charge is 0.178 e. The quantitative estimate of drug-likeness (QED) is 0.430. The molecule has 3 heterocycles. The molecule has 2 aromatic heterocycles. The second-order valence-electron chi connectivity index (χ2n) is 9.41. The number of aromatic nitrogens is 6. The van der Waals surface area contributed by atoms with Crippen LogP contribution in [0.1, 0.15) is 38.9 Å². The maximum Gasteiger partial charge on any atom is 0.178 e. The molecule has 1 saturated heterocycles. The molecule has 1 aliphatic heterocycles. The largest absolute Gasteiger partial charge is 0.394 e. The number of hydrogen-bond donors (Lipinski definition) is 2. The maximum absolute atomic E-state index is 14.5. The van der Waals surface area contributed by atoms with Crippen molar-refractivity contribution >= 4 is 11.6 Å². The highest BCUT2D eigenvalue weighted by molar-refractivity contribution is 6.30. The first-order chi connectivity index (χ1) is 17.1. The molecular formula is C23H29ClF2N6O4. The van der Waals surface area contributed by atoms with Crippen LogP contribution in [0.2, 0.25) is 5.02 Å². The summed E-state index contributed by atoms with van der Waals surface area (Å²) >= 11 is 5.65. The van der Waals surface area contributed by atoms with Crippen LogP contribution in [0, 0.1) is 11.6 Å². The van der Waals surface area contributed by atoms with Gasteiger partial charge in [0.1, 0.15) is 30.0 Å². The van der Waals surface area contributed by atoms with Gasteiger partial charge in [0.2, 0.25) is 0 Å². The van der Waals surface area contributed by atoms with Gasteiger partial charge in [-0.15, -0.1) is 10.2 Å². The molecule has 1 aliphatic rings. The number of benzene rings is 1. The first-order valence-corrected chi connectivity index (χ1v) is 11.9. The van der Waals surface area contributed by atoms with E-state index in [1.807, 2.05) is 20.0 Å². The predicted molar refractivity (Wildman–Crippen MR) is 125 cm³/mol. The minimum atomic E-state index is -1.23. The lowest BCUT2D eigenvalue weighted by molar-refractivity contribution is -0.212. The summed E-state index contributed by atoms with van der Waals surface area (Å²) in [6.07, 6.45) is 0.793. The molecule has 4 rings (SSSR count). The van der Waals surface area contributed by atoms with E-state index in [0.29, 0.717) is 5.69 Å². The molecule has 0 saturated carbocycles. The number of halogens is 3.